The molecule has 2 amide bonds. The Kier molecular flexibility index (Phi) is 9.26. The van der Waals surface area contributed by atoms with Gasteiger partial charge in [0.1, 0.15) is 18.5 Å². The van der Waals surface area contributed by atoms with E-state index in [-0.39, 0.29) is 6.42 Å². The summed E-state index contributed by atoms with van der Waals surface area (Å²) in [7, 11) is 3.89. The highest BCUT2D eigenvalue weighted by atomic mass is 19.4. The van der Waals surface area contributed by atoms with Gasteiger partial charge in [-0.1, -0.05) is 42.5 Å². The second-order valence-electron chi connectivity index (χ2n) is 9.72. The van der Waals surface area contributed by atoms with Crippen LogP contribution < -0.4 is 15.4 Å². The zero-order valence-electron chi connectivity index (χ0n) is 22.5. The molecule has 1 atom stereocenters. The number of benzene rings is 3. The third-order valence-electron chi connectivity index (χ3n) is 6.40. The van der Waals surface area contributed by atoms with Gasteiger partial charge < -0.3 is 25.4 Å². The number of likely N-dealkylation sites (N-methyl/N-ethyl adjacent to an activating group) is 1. The SMILES string of the molecule is CN(C)CCOc1ccc(C(=CC=CC(=O)Nc2cccc3c2CC(O)C(=O)N3)c2ccc(C(F)(F)F)cc2)cc1. The van der Waals surface area contributed by atoms with Gasteiger partial charge in [-0.2, -0.15) is 13.2 Å². The van der Waals surface area contributed by atoms with E-state index >= 15 is 0 Å². The predicted molar refractivity (Wildman–Crippen MR) is 152 cm³/mol. The van der Waals surface area contributed by atoms with Gasteiger partial charge in [-0.25, -0.2) is 0 Å². The zero-order chi connectivity index (χ0) is 29.6. The van der Waals surface area contributed by atoms with Crippen molar-refractivity contribution in [2.45, 2.75) is 18.7 Å². The van der Waals surface area contributed by atoms with Crippen LogP contribution in [-0.2, 0) is 22.2 Å². The molecule has 10 heteroatoms. The van der Waals surface area contributed by atoms with Crippen LogP contribution in [0.15, 0.2) is 85.0 Å². The van der Waals surface area contributed by atoms with Gasteiger partial charge in [-0.15, -0.1) is 0 Å². The van der Waals surface area contributed by atoms with Crippen molar-refractivity contribution >= 4 is 28.8 Å². The van der Waals surface area contributed by atoms with Gasteiger partial charge in [0.15, 0.2) is 0 Å². The second-order valence-corrected chi connectivity index (χ2v) is 9.72. The normalized spacial score (nSPS) is 15.5. The van der Waals surface area contributed by atoms with Crippen molar-refractivity contribution in [3.63, 3.8) is 0 Å². The summed E-state index contributed by atoms with van der Waals surface area (Å²) in [6, 6.07) is 17.0. The molecule has 3 aromatic rings. The number of hydrogen-bond acceptors (Lipinski definition) is 5. The maximum absolute atomic E-state index is 13.1. The largest absolute Gasteiger partial charge is 0.492 e. The molecule has 0 spiro atoms. The van der Waals surface area contributed by atoms with Crippen LogP contribution in [0.2, 0.25) is 0 Å². The van der Waals surface area contributed by atoms with Gasteiger partial charge in [-0.3, -0.25) is 9.59 Å². The Morgan fingerprint density at radius 3 is 2.37 bits per heavy atom. The van der Waals surface area contributed by atoms with Crippen LogP contribution in [0.4, 0.5) is 24.5 Å². The molecule has 41 heavy (non-hydrogen) atoms. The number of fused-ring (bicyclic) bond motifs is 1. The number of alkyl halides is 3. The van der Waals surface area contributed by atoms with Crippen molar-refractivity contribution in [2.75, 3.05) is 37.9 Å². The van der Waals surface area contributed by atoms with Crippen molar-refractivity contribution in [3.05, 3.63) is 107 Å². The number of hydrogen-bond donors (Lipinski definition) is 3. The van der Waals surface area contributed by atoms with Crippen LogP contribution in [0.1, 0.15) is 22.3 Å². The van der Waals surface area contributed by atoms with Crippen LogP contribution in [-0.4, -0.2) is 55.2 Å². The molecule has 0 radical (unpaired) electrons. The highest BCUT2D eigenvalue weighted by Gasteiger charge is 2.30. The van der Waals surface area contributed by atoms with Crippen LogP contribution in [0.5, 0.6) is 5.75 Å². The first kappa shape index (κ1) is 29.6. The van der Waals surface area contributed by atoms with Crippen LogP contribution in [0, 0.1) is 0 Å². The number of carbonyl (C=O) groups is 2. The third-order valence-corrected chi connectivity index (χ3v) is 6.40. The first-order valence-corrected chi connectivity index (χ1v) is 12.9. The van der Waals surface area contributed by atoms with E-state index in [4.69, 9.17) is 4.74 Å². The Bertz CT molecular complexity index is 1450. The smallest absolute Gasteiger partial charge is 0.416 e. The fraction of sp³-hybridized carbons (Fsp3) is 0.226. The van der Waals surface area contributed by atoms with Crippen molar-refractivity contribution in [1.82, 2.24) is 4.90 Å². The third kappa shape index (κ3) is 7.84. The average Bonchev–Trinajstić information content (AvgIpc) is 2.92. The predicted octanol–water partition coefficient (Wildman–Crippen LogP) is 5.13. The molecule has 0 aliphatic carbocycles. The molecule has 1 unspecified atom stereocenters. The molecule has 1 aliphatic rings. The molecular formula is C31H30F3N3O4. The molecule has 0 fully saturated rings. The summed E-state index contributed by atoms with van der Waals surface area (Å²) < 4.78 is 45.1. The van der Waals surface area contributed by atoms with E-state index in [0.29, 0.717) is 40.4 Å². The van der Waals surface area contributed by atoms with Gasteiger partial charge in [0.05, 0.1) is 5.56 Å². The van der Waals surface area contributed by atoms with Crippen LogP contribution >= 0.6 is 0 Å². The minimum Gasteiger partial charge on any atom is -0.492 e. The average molecular weight is 566 g/mol. The minimum absolute atomic E-state index is 0.0637. The molecule has 1 aliphatic heterocycles. The quantitative estimate of drug-likeness (QED) is 0.247. The number of nitrogens with zero attached hydrogens (tertiary/aromatic N) is 1. The number of rotatable bonds is 9. The van der Waals surface area contributed by atoms with Crippen molar-refractivity contribution in [1.29, 1.82) is 0 Å². The number of ether oxygens (including phenoxy) is 1. The number of amides is 2. The van der Waals surface area contributed by atoms with E-state index in [9.17, 15) is 27.9 Å². The molecule has 0 bridgehead atoms. The fourth-order valence-electron chi connectivity index (χ4n) is 4.22. The number of nitrogens with one attached hydrogen (secondary N) is 2. The number of aliphatic hydroxyl groups excluding tert-OH is 1. The molecule has 4 rings (SSSR count). The topological polar surface area (TPSA) is 90.9 Å². The molecule has 214 valence electrons. The van der Waals surface area contributed by atoms with Crippen molar-refractivity contribution in [2.24, 2.45) is 0 Å². The number of anilines is 2. The highest BCUT2D eigenvalue weighted by molar-refractivity contribution is 6.03. The molecule has 0 saturated heterocycles. The van der Waals surface area contributed by atoms with E-state index in [1.165, 1.54) is 24.3 Å². The van der Waals surface area contributed by atoms with E-state index in [2.05, 4.69) is 10.6 Å². The monoisotopic (exact) mass is 565 g/mol. The van der Waals surface area contributed by atoms with Gasteiger partial charge >= 0.3 is 6.18 Å². The standard InChI is InChI=1S/C31H30F3N3O4/c1-37(2)17-18-41-23-15-11-21(12-16-23)24(20-9-13-22(14-10-20)31(32,33)34)5-3-8-29(39)35-26-6-4-7-27-25(26)19-28(38)30(40)36-27/h3-16,28,38H,17-19H2,1-2H3,(H,35,39)(H,36,40). The summed E-state index contributed by atoms with van der Waals surface area (Å²) in [6.45, 7) is 1.24. The zero-order valence-corrected chi connectivity index (χ0v) is 22.5. The summed E-state index contributed by atoms with van der Waals surface area (Å²) in [5, 5.41) is 15.3. The second kappa shape index (κ2) is 12.8. The summed E-state index contributed by atoms with van der Waals surface area (Å²) in [4.78, 5) is 26.5. The molecule has 1 heterocycles. The minimum atomic E-state index is -4.46. The Morgan fingerprint density at radius 1 is 1.07 bits per heavy atom. The first-order valence-electron chi connectivity index (χ1n) is 12.9. The van der Waals surface area contributed by atoms with Crippen molar-refractivity contribution < 1.29 is 32.6 Å². The summed E-state index contributed by atoms with van der Waals surface area (Å²) in [5.74, 6) is -0.308. The van der Waals surface area contributed by atoms with E-state index < -0.39 is 29.7 Å². The van der Waals surface area contributed by atoms with Gasteiger partial charge in [-0.05, 0) is 67.2 Å². The lowest BCUT2D eigenvalue weighted by molar-refractivity contribution is -0.137. The summed E-state index contributed by atoms with van der Waals surface area (Å²) >= 11 is 0. The Balaban J connectivity index is 1.56. The number of aliphatic hydroxyl groups is 1. The van der Waals surface area contributed by atoms with Crippen LogP contribution in [0.3, 0.4) is 0 Å². The molecule has 3 N–H and O–H groups in total. The lowest BCUT2D eigenvalue weighted by atomic mass is 9.96. The molecular weight excluding hydrogens is 535 g/mol. The fourth-order valence-corrected chi connectivity index (χ4v) is 4.22. The number of halogens is 3. The molecule has 0 saturated carbocycles. The Hall–Kier alpha value is -4.41. The summed E-state index contributed by atoms with van der Waals surface area (Å²) in [5.41, 5.74) is 2.67. The highest BCUT2D eigenvalue weighted by Crippen LogP contribution is 2.32. The maximum Gasteiger partial charge on any atom is 0.416 e. The van der Waals surface area contributed by atoms with Gasteiger partial charge in [0, 0.05) is 36.0 Å². The Morgan fingerprint density at radius 2 is 1.73 bits per heavy atom. The Labute approximate surface area is 235 Å². The van der Waals surface area contributed by atoms with Gasteiger partial charge in [0.2, 0.25) is 5.91 Å². The van der Waals surface area contributed by atoms with Crippen LogP contribution in [0.25, 0.3) is 5.57 Å². The van der Waals surface area contributed by atoms with E-state index in [1.54, 1.807) is 48.5 Å². The lowest BCUT2D eigenvalue weighted by Gasteiger charge is -2.23. The lowest BCUT2D eigenvalue weighted by Crippen LogP contribution is -2.34. The number of carbonyl (C=O) groups excluding carboxylic acids is 2. The van der Waals surface area contributed by atoms with Gasteiger partial charge in [0.25, 0.3) is 5.91 Å². The summed E-state index contributed by atoms with van der Waals surface area (Å²) in [6.07, 6.45) is -1.16. The first-order chi connectivity index (χ1) is 19.5. The molecule has 0 aromatic heterocycles. The molecule has 3 aromatic carbocycles. The van der Waals surface area contributed by atoms with E-state index in [0.717, 1.165) is 24.2 Å². The van der Waals surface area contributed by atoms with E-state index in [1.807, 2.05) is 19.0 Å². The van der Waals surface area contributed by atoms with Crippen molar-refractivity contribution in [3.8, 4) is 5.75 Å². The molecule has 7 nitrogen and oxygen atoms in total. The number of allylic oxidation sites excluding steroid dienone is 2. The maximum atomic E-state index is 13.1.